The summed E-state index contributed by atoms with van der Waals surface area (Å²) in [4.78, 5) is 7.41. The number of aryl methyl sites for hydroxylation is 1. The van der Waals surface area contributed by atoms with Gasteiger partial charge in [0.05, 0.1) is 23.2 Å². The van der Waals surface area contributed by atoms with Gasteiger partial charge in [0.25, 0.3) is 0 Å². The fraction of sp³-hybridized carbons (Fsp3) is 0.667. The van der Waals surface area contributed by atoms with E-state index in [-0.39, 0.29) is 17.7 Å². The van der Waals surface area contributed by atoms with Crippen molar-refractivity contribution in [3.63, 3.8) is 0 Å². The second kappa shape index (κ2) is 9.20. The molecule has 1 aromatic carbocycles. The van der Waals surface area contributed by atoms with Crippen molar-refractivity contribution in [1.29, 1.82) is 5.41 Å². The molecule has 4 N–H and O–H groups in total. The molecule has 3 heterocycles. The molecule has 0 unspecified atom stereocenters. The van der Waals surface area contributed by atoms with Gasteiger partial charge >= 0.3 is 0 Å². The number of aliphatic hydroxyl groups excluding tert-OH is 1. The number of nitrogen functional groups attached to an aromatic ring is 1. The van der Waals surface area contributed by atoms with Crippen LogP contribution in [0.25, 0.3) is 11.1 Å². The number of piperazine rings is 1. The number of aliphatic hydroxyl groups is 1. The fourth-order valence-corrected chi connectivity index (χ4v) is 8.23. The van der Waals surface area contributed by atoms with Crippen LogP contribution < -0.4 is 10.6 Å². The number of rotatable bonds is 6. The normalized spacial score (nSPS) is 23.1. The molecule has 2 spiro atoms. The monoisotopic (exact) mass is 553 g/mol. The minimum atomic E-state index is -0.259. The summed E-state index contributed by atoms with van der Waals surface area (Å²) in [6, 6.07) is 2.25. The van der Waals surface area contributed by atoms with Crippen LogP contribution in [0.2, 0.25) is 5.02 Å². The van der Waals surface area contributed by atoms with Gasteiger partial charge in [0, 0.05) is 72.5 Å². The topological polar surface area (TPSA) is 97.6 Å². The predicted octanol–water partition coefficient (Wildman–Crippen LogP) is 4.48. The van der Waals surface area contributed by atoms with Crippen LogP contribution in [0.4, 0.5) is 11.5 Å². The number of nitrogens with zero attached hydrogens (tertiary/aromatic N) is 5. The number of aromatic nitrogens is 2. The van der Waals surface area contributed by atoms with Crippen molar-refractivity contribution in [3.05, 3.63) is 27.9 Å². The Kier molecular flexibility index (Phi) is 6.38. The highest BCUT2D eigenvalue weighted by atomic mass is 35.5. The molecule has 39 heavy (non-hydrogen) atoms. The molecule has 2 aliphatic carbocycles. The van der Waals surface area contributed by atoms with Gasteiger partial charge in [-0.1, -0.05) is 11.6 Å². The molecule has 0 atom stereocenters. The largest absolute Gasteiger partial charge is 0.398 e. The van der Waals surface area contributed by atoms with E-state index in [4.69, 9.17) is 27.8 Å². The SMILES string of the molecule is Cc1cc(N)c(C=N)c(-c2c(N3CCN(C(C)(C)CO)CC34CCC4)nn(C3CC4(C3)CN(C)C4)c2C)c1Cl. The van der Waals surface area contributed by atoms with E-state index in [2.05, 4.69) is 47.2 Å². The van der Waals surface area contributed by atoms with E-state index >= 15 is 0 Å². The second-order valence-electron chi connectivity index (χ2n) is 13.6. The zero-order chi connectivity index (χ0) is 27.9. The van der Waals surface area contributed by atoms with Crippen molar-refractivity contribution < 1.29 is 5.11 Å². The molecule has 212 valence electrons. The van der Waals surface area contributed by atoms with Gasteiger partial charge in [0.2, 0.25) is 0 Å². The van der Waals surface area contributed by atoms with Crippen molar-refractivity contribution in [2.24, 2.45) is 5.41 Å². The summed E-state index contributed by atoms with van der Waals surface area (Å²) in [6.45, 7) is 13.5. The van der Waals surface area contributed by atoms with E-state index in [1.165, 1.54) is 25.7 Å². The van der Waals surface area contributed by atoms with Crippen molar-refractivity contribution >= 4 is 29.3 Å². The Morgan fingerprint density at radius 1 is 1.18 bits per heavy atom. The summed E-state index contributed by atoms with van der Waals surface area (Å²) in [7, 11) is 2.20. The van der Waals surface area contributed by atoms with E-state index in [9.17, 15) is 5.11 Å². The lowest BCUT2D eigenvalue weighted by molar-refractivity contribution is -0.0790. The maximum Gasteiger partial charge on any atom is 0.159 e. The first-order valence-corrected chi connectivity index (χ1v) is 14.8. The van der Waals surface area contributed by atoms with Gasteiger partial charge in [-0.05, 0) is 83.9 Å². The summed E-state index contributed by atoms with van der Waals surface area (Å²) in [5.74, 6) is 0.982. The number of likely N-dealkylation sites (tertiary alicyclic amines) is 1. The molecule has 4 fully saturated rings. The molecule has 0 radical (unpaired) electrons. The zero-order valence-corrected chi connectivity index (χ0v) is 24.9. The third-order valence-electron chi connectivity index (χ3n) is 10.4. The Hall–Kier alpha value is -2.13. The second-order valence-corrected chi connectivity index (χ2v) is 14.0. The maximum atomic E-state index is 10.1. The number of nitrogens with one attached hydrogen (secondary N) is 1. The third kappa shape index (κ3) is 4.04. The minimum Gasteiger partial charge on any atom is -0.398 e. The van der Waals surface area contributed by atoms with E-state index in [1.807, 2.05) is 13.0 Å². The van der Waals surface area contributed by atoms with Crippen LogP contribution in [0.1, 0.15) is 68.8 Å². The Morgan fingerprint density at radius 3 is 2.44 bits per heavy atom. The summed E-state index contributed by atoms with van der Waals surface area (Å²) in [6.07, 6.45) is 7.07. The van der Waals surface area contributed by atoms with Crippen molar-refractivity contribution in [2.45, 2.75) is 76.9 Å². The van der Waals surface area contributed by atoms with E-state index < -0.39 is 0 Å². The smallest absolute Gasteiger partial charge is 0.159 e. The molecule has 6 rings (SSSR count). The summed E-state index contributed by atoms with van der Waals surface area (Å²) in [5, 5.41) is 24.5. The highest BCUT2D eigenvalue weighted by molar-refractivity contribution is 6.35. The van der Waals surface area contributed by atoms with Crippen molar-refractivity contribution in [1.82, 2.24) is 19.6 Å². The number of halogens is 1. The van der Waals surface area contributed by atoms with E-state index in [1.54, 1.807) is 0 Å². The van der Waals surface area contributed by atoms with Gasteiger partial charge < -0.3 is 26.0 Å². The molecule has 2 saturated carbocycles. The third-order valence-corrected chi connectivity index (χ3v) is 10.9. The first kappa shape index (κ1) is 27.1. The van der Waals surface area contributed by atoms with Gasteiger partial charge in [-0.2, -0.15) is 5.10 Å². The standard InChI is InChI=1S/C30H44ClN7O/c1-19-11-23(33)22(14-32)25(26(19)31)24-20(2)38(21-12-29(13-21)15-35(5)16-29)34-27(24)37-10-9-36(28(3,4)18-39)17-30(37)7-6-8-30/h11,14,21,32,39H,6-10,12-13,15-18,33H2,1-5H3. The number of nitrogens with two attached hydrogens (primary N) is 1. The molecule has 0 bridgehead atoms. The van der Waals surface area contributed by atoms with Gasteiger partial charge in [-0.25, -0.2) is 0 Å². The first-order valence-electron chi connectivity index (χ1n) is 14.4. The fourth-order valence-electron chi connectivity index (χ4n) is 7.98. The van der Waals surface area contributed by atoms with E-state index in [0.717, 1.165) is 73.5 Å². The lowest BCUT2D eigenvalue weighted by Crippen LogP contribution is -2.69. The molecule has 4 aliphatic rings. The van der Waals surface area contributed by atoms with Crippen LogP contribution in [0.5, 0.6) is 0 Å². The van der Waals surface area contributed by atoms with Gasteiger partial charge in [0.1, 0.15) is 0 Å². The number of hydrogen-bond donors (Lipinski definition) is 3. The number of benzene rings is 1. The summed E-state index contributed by atoms with van der Waals surface area (Å²) >= 11 is 7.06. The molecule has 8 nitrogen and oxygen atoms in total. The Bertz CT molecular complexity index is 1300. The lowest BCUT2D eigenvalue weighted by Gasteiger charge is -2.59. The molecular formula is C30H44ClN7O. The van der Waals surface area contributed by atoms with Crippen LogP contribution in [-0.4, -0.2) is 88.4 Å². The lowest BCUT2D eigenvalue weighted by atomic mass is 9.61. The van der Waals surface area contributed by atoms with Gasteiger partial charge in [-0.3, -0.25) is 9.58 Å². The predicted molar refractivity (Wildman–Crippen MR) is 159 cm³/mol. The quantitative estimate of drug-likeness (QED) is 0.360. The number of anilines is 2. The molecule has 2 aromatic rings. The van der Waals surface area contributed by atoms with Crippen LogP contribution >= 0.6 is 11.6 Å². The molecule has 1 aromatic heterocycles. The maximum absolute atomic E-state index is 10.1. The zero-order valence-electron chi connectivity index (χ0n) is 24.1. The highest BCUT2D eigenvalue weighted by Crippen LogP contribution is 2.56. The Labute approximate surface area is 237 Å². The van der Waals surface area contributed by atoms with E-state index in [0.29, 0.717) is 27.7 Å². The molecular weight excluding hydrogens is 510 g/mol. The van der Waals surface area contributed by atoms with Crippen molar-refractivity contribution in [3.8, 4) is 11.1 Å². The highest BCUT2D eigenvalue weighted by Gasteiger charge is 2.54. The van der Waals surface area contributed by atoms with Crippen LogP contribution in [0.3, 0.4) is 0 Å². The Balaban J connectivity index is 1.47. The average molecular weight is 554 g/mol. The molecule has 9 heteroatoms. The minimum absolute atomic E-state index is 0.0186. The van der Waals surface area contributed by atoms with Crippen LogP contribution in [0, 0.1) is 24.7 Å². The summed E-state index contributed by atoms with van der Waals surface area (Å²) < 4.78 is 2.27. The van der Waals surface area contributed by atoms with Gasteiger partial charge in [-0.15, -0.1) is 0 Å². The summed E-state index contributed by atoms with van der Waals surface area (Å²) in [5.41, 5.74) is 11.8. The molecule has 0 amide bonds. The Morgan fingerprint density at radius 2 is 1.87 bits per heavy atom. The van der Waals surface area contributed by atoms with Crippen molar-refractivity contribution in [2.75, 3.05) is 57.0 Å². The average Bonchev–Trinajstić information content (AvgIpc) is 3.16. The molecule has 2 saturated heterocycles. The van der Waals surface area contributed by atoms with Crippen LogP contribution in [-0.2, 0) is 0 Å². The number of hydrogen-bond acceptors (Lipinski definition) is 7. The molecule has 2 aliphatic heterocycles. The van der Waals surface area contributed by atoms with Crippen LogP contribution in [0.15, 0.2) is 6.07 Å². The van der Waals surface area contributed by atoms with Gasteiger partial charge in [0.15, 0.2) is 5.82 Å². The first-order chi connectivity index (χ1) is 18.4.